The Kier molecular flexibility index (Phi) is 5.15. The fourth-order valence-corrected chi connectivity index (χ4v) is 5.20. The van der Waals surface area contributed by atoms with Gasteiger partial charge in [0.05, 0.1) is 22.7 Å². The number of hydrogen-bond donors (Lipinski definition) is 0. The molecular weight excluding hydrogens is 428 g/mol. The van der Waals surface area contributed by atoms with Crippen LogP contribution in [0.2, 0.25) is 0 Å². The molecular formula is C26H30N6O2. The van der Waals surface area contributed by atoms with Gasteiger partial charge in [-0.1, -0.05) is 6.07 Å². The molecule has 2 saturated heterocycles. The van der Waals surface area contributed by atoms with Crippen LogP contribution in [0.5, 0.6) is 0 Å². The predicted molar refractivity (Wildman–Crippen MR) is 134 cm³/mol. The average molecular weight is 459 g/mol. The highest BCUT2D eigenvalue weighted by atomic mass is 16.5. The Labute approximate surface area is 198 Å². The number of aryl methyl sites for hydroxylation is 1. The van der Waals surface area contributed by atoms with Crippen LogP contribution >= 0.6 is 0 Å². The summed E-state index contributed by atoms with van der Waals surface area (Å²) in [7, 11) is 6.08. The minimum absolute atomic E-state index is 0.0122. The van der Waals surface area contributed by atoms with E-state index >= 15 is 0 Å². The molecule has 2 aliphatic heterocycles. The Morgan fingerprint density at radius 3 is 2.47 bits per heavy atom. The second kappa shape index (κ2) is 8.21. The van der Waals surface area contributed by atoms with Crippen molar-refractivity contribution >= 4 is 27.8 Å². The normalized spacial score (nSPS) is 17.7. The van der Waals surface area contributed by atoms with Crippen molar-refractivity contribution < 1.29 is 4.74 Å². The highest BCUT2D eigenvalue weighted by Crippen LogP contribution is 2.32. The number of rotatable bonds is 4. The van der Waals surface area contributed by atoms with Crippen molar-refractivity contribution in [3.05, 3.63) is 53.2 Å². The van der Waals surface area contributed by atoms with Gasteiger partial charge < -0.3 is 14.5 Å². The quantitative estimate of drug-likeness (QED) is 0.468. The summed E-state index contributed by atoms with van der Waals surface area (Å²) < 4.78 is 9.24. The number of aromatic nitrogens is 4. The van der Waals surface area contributed by atoms with E-state index in [1.54, 1.807) is 4.57 Å². The smallest absolute Gasteiger partial charge is 0.329 e. The third-order valence-electron chi connectivity index (χ3n) is 7.47. The second-order valence-corrected chi connectivity index (χ2v) is 9.71. The van der Waals surface area contributed by atoms with Crippen LogP contribution in [-0.4, -0.2) is 70.4 Å². The summed E-state index contributed by atoms with van der Waals surface area (Å²) in [6, 6.07) is 11.3. The summed E-state index contributed by atoms with van der Waals surface area (Å²) in [5, 5.41) is 1.000. The highest BCUT2D eigenvalue weighted by Gasteiger charge is 2.29. The van der Waals surface area contributed by atoms with Crippen LogP contribution in [0.3, 0.4) is 0 Å². The van der Waals surface area contributed by atoms with Gasteiger partial charge in [0.1, 0.15) is 5.82 Å². The number of ether oxygens (including phenoxy) is 1. The SMILES string of the molecule is CN(C)C1CN(c2ccc(-c3ccc4ncc5c(c4c3)n(C3CCOCC3)c(=O)n5C)cn2)C1. The maximum Gasteiger partial charge on any atom is 0.329 e. The van der Waals surface area contributed by atoms with Crippen molar-refractivity contribution in [2.45, 2.75) is 24.9 Å². The number of nitrogens with zero attached hydrogens (tertiary/aromatic N) is 6. The average Bonchev–Trinajstić information content (AvgIpc) is 3.09. The Hall–Kier alpha value is -3.23. The lowest BCUT2D eigenvalue weighted by molar-refractivity contribution is 0.0697. The highest BCUT2D eigenvalue weighted by molar-refractivity contribution is 6.04. The summed E-state index contributed by atoms with van der Waals surface area (Å²) in [4.78, 5) is 27.2. The van der Waals surface area contributed by atoms with Crippen LogP contribution in [0.4, 0.5) is 5.82 Å². The molecule has 2 fully saturated rings. The Morgan fingerprint density at radius 2 is 1.76 bits per heavy atom. The molecule has 5 heterocycles. The third kappa shape index (κ3) is 3.40. The minimum atomic E-state index is 0.0122. The van der Waals surface area contributed by atoms with Crippen LogP contribution in [0.1, 0.15) is 18.9 Å². The molecule has 0 radical (unpaired) electrons. The van der Waals surface area contributed by atoms with E-state index in [2.05, 4.69) is 53.1 Å². The Morgan fingerprint density at radius 1 is 1.00 bits per heavy atom. The molecule has 0 N–H and O–H groups in total. The fourth-order valence-electron chi connectivity index (χ4n) is 5.20. The maximum absolute atomic E-state index is 13.2. The van der Waals surface area contributed by atoms with E-state index in [4.69, 9.17) is 9.72 Å². The van der Waals surface area contributed by atoms with E-state index in [0.717, 1.165) is 64.8 Å². The molecule has 0 saturated carbocycles. The molecule has 0 bridgehead atoms. The van der Waals surface area contributed by atoms with Crippen molar-refractivity contribution in [3.8, 4) is 11.1 Å². The van der Waals surface area contributed by atoms with Crippen molar-refractivity contribution in [2.75, 3.05) is 45.3 Å². The molecule has 0 amide bonds. The van der Waals surface area contributed by atoms with Gasteiger partial charge in [-0.15, -0.1) is 0 Å². The van der Waals surface area contributed by atoms with Crippen LogP contribution < -0.4 is 10.6 Å². The van der Waals surface area contributed by atoms with E-state index in [9.17, 15) is 4.79 Å². The molecule has 6 rings (SSSR count). The first-order valence-corrected chi connectivity index (χ1v) is 12.0. The molecule has 0 aliphatic carbocycles. The van der Waals surface area contributed by atoms with E-state index < -0.39 is 0 Å². The summed E-state index contributed by atoms with van der Waals surface area (Å²) in [5.74, 6) is 1.02. The number of likely N-dealkylation sites (N-methyl/N-ethyl adjacent to an activating group) is 1. The molecule has 0 spiro atoms. The van der Waals surface area contributed by atoms with Gasteiger partial charge in [0.15, 0.2) is 0 Å². The topological polar surface area (TPSA) is 68.4 Å². The largest absolute Gasteiger partial charge is 0.381 e. The minimum Gasteiger partial charge on any atom is -0.381 e. The number of benzene rings is 1. The number of hydrogen-bond acceptors (Lipinski definition) is 6. The van der Waals surface area contributed by atoms with Gasteiger partial charge in [-0.05, 0) is 56.8 Å². The van der Waals surface area contributed by atoms with Crippen LogP contribution in [0.15, 0.2) is 47.5 Å². The van der Waals surface area contributed by atoms with Gasteiger partial charge in [-0.3, -0.25) is 14.1 Å². The lowest BCUT2D eigenvalue weighted by Gasteiger charge is -2.43. The number of pyridine rings is 2. The van der Waals surface area contributed by atoms with Crippen molar-refractivity contribution in [2.24, 2.45) is 7.05 Å². The van der Waals surface area contributed by atoms with Gasteiger partial charge >= 0.3 is 5.69 Å². The number of fused-ring (bicyclic) bond motifs is 3. The monoisotopic (exact) mass is 458 g/mol. The van der Waals surface area contributed by atoms with Gasteiger partial charge in [0.25, 0.3) is 0 Å². The zero-order valence-electron chi connectivity index (χ0n) is 19.9. The van der Waals surface area contributed by atoms with Crippen LogP contribution in [-0.2, 0) is 11.8 Å². The Bertz CT molecular complexity index is 1410. The molecule has 8 nitrogen and oxygen atoms in total. The number of anilines is 1. The van der Waals surface area contributed by atoms with E-state index in [-0.39, 0.29) is 11.7 Å². The molecule has 8 heteroatoms. The zero-order chi connectivity index (χ0) is 23.4. The molecule has 4 aromatic rings. The predicted octanol–water partition coefficient (Wildman–Crippen LogP) is 3.05. The maximum atomic E-state index is 13.2. The molecule has 1 aromatic carbocycles. The van der Waals surface area contributed by atoms with Gasteiger partial charge in [-0.2, -0.15) is 0 Å². The Balaban J connectivity index is 1.41. The van der Waals surface area contributed by atoms with E-state index in [0.29, 0.717) is 19.3 Å². The molecule has 176 valence electrons. The first-order chi connectivity index (χ1) is 16.5. The molecule has 3 aromatic heterocycles. The van der Waals surface area contributed by atoms with Crippen molar-refractivity contribution in [1.82, 2.24) is 24.0 Å². The molecule has 0 atom stereocenters. The standard InChI is InChI=1S/C26H30N6O2/c1-29(2)20-15-31(16-20)24-7-5-18(13-28-24)17-4-6-22-21(12-17)25-23(14-27-22)30(3)26(33)32(25)19-8-10-34-11-9-19/h4-7,12-14,19-20H,8-11,15-16H2,1-3H3. The summed E-state index contributed by atoms with van der Waals surface area (Å²) in [6.45, 7) is 3.39. The summed E-state index contributed by atoms with van der Waals surface area (Å²) in [6.07, 6.45) is 5.46. The first kappa shape index (κ1) is 21.3. The van der Waals surface area contributed by atoms with Crippen LogP contribution in [0.25, 0.3) is 33.1 Å². The first-order valence-electron chi connectivity index (χ1n) is 12.0. The van der Waals surface area contributed by atoms with E-state index in [1.165, 1.54) is 0 Å². The molecule has 34 heavy (non-hydrogen) atoms. The van der Waals surface area contributed by atoms with Crippen molar-refractivity contribution in [1.29, 1.82) is 0 Å². The molecule has 2 aliphatic rings. The van der Waals surface area contributed by atoms with Crippen molar-refractivity contribution in [3.63, 3.8) is 0 Å². The van der Waals surface area contributed by atoms with E-state index in [1.807, 2.05) is 30.1 Å². The summed E-state index contributed by atoms with van der Waals surface area (Å²) >= 11 is 0. The lowest BCUT2D eigenvalue weighted by Crippen LogP contribution is -2.57. The van der Waals surface area contributed by atoms with Gasteiger partial charge in [-0.25, -0.2) is 9.78 Å². The zero-order valence-corrected chi connectivity index (χ0v) is 19.9. The number of imidazole rings is 1. The lowest BCUT2D eigenvalue weighted by atomic mass is 10.0. The van der Waals surface area contributed by atoms with Gasteiger partial charge in [0, 0.05) is 62.6 Å². The third-order valence-corrected chi connectivity index (χ3v) is 7.47. The second-order valence-electron chi connectivity index (χ2n) is 9.71. The fraction of sp³-hybridized carbons (Fsp3) is 0.423. The van der Waals surface area contributed by atoms with Crippen LogP contribution in [0, 0.1) is 0 Å². The van der Waals surface area contributed by atoms with Gasteiger partial charge in [0.2, 0.25) is 0 Å². The summed E-state index contributed by atoms with van der Waals surface area (Å²) in [5.41, 5.74) is 4.86. The molecule has 0 unspecified atom stereocenters.